The lowest BCUT2D eigenvalue weighted by Crippen LogP contribution is -2.39. The summed E-state index contributed by atoms with van der Waals surface area (Å²) in [7, 11) is 0. The molecule has 0 aromatic carbocycles. The van der Waals surface area contributed by atoms with Crippen LogP contribution in [0.2, 0.25) is 0 Å². The number of likely N-dealkylation sites (tertiary alicyclic amines) is 1. The standard InChI is InChI=1S/C9H18N2O2/c1-6(2)3-7-4-8(12)11(5-7)9(10)13/h6-8,12H,3-5H2,1-2H3,(H2,10,13). The van der Waals surface area contributed by atoms with E-state index in [9.17, 15) is 9.90 Å². The monoisotopic (exact) mass is 186 g/mol. The van der Waals surface area contributed by atoms with Crippen LogP contribution in [0.3, 0.4) is 0 Å². The van der Waals surface area contributed by atoms with Crippen molar-refractivity contribution in [1.82, 2.24) is 4.90 Å². The average molecular weight is 186 g/mol. The number of amides is 2. The van der Waals surface area contributed by atoms with E-state index in [1.54, 1.807) is 0 Å². The maximum atomic E-state index is 10.8. The van der Waals surface area contributed by atoms with Crippen LogP contribution in [0.5, 0.6) is 0 Å². The highest BCUT2D eigenvalue weighted by molar-refractivity contribution is 5.72. The highest BCUT2D eigenvalue weighted by Gasteiger charge is 2.32. The van der Waals surface area contributed by atoms with Crippen molar-refractivity contribution in [3.63, 3.8) is 0 Å². The van der Waals surface area contributed by atoms with Crippen molar-refractivity contribution < 1.29 is 9.90 Å². The van der Waals surface area contributed by atoms with Crippen LogP contribution in [0.1, 0.15) is 26.7 Å². The van der Waals surface area contributed by atoms with Gasteiger partial charge in [-0.25, -0.2) is 4.79 Å². The number of carbonyl (C=O) groups excluding carboxylic acids is 1. The summed E-state index contributed by atoms with van der Waals surface area (Å²) in [5.41, 5.74) is 5.11. The molecule has 1 saturated heterocycles. The van der Waals surface area contributed by atoms with Crippen LogP contribution in [0, 0.1) is 11.8 Å². The summed E-state index contributed by atoms with van der Waals surface area (Å²) >= 11 is 0. The first kappa shape index (κ1) is 10.3. The fourth-order valence-electron chi connectivity index (χ4n) is 1.97. The van der Waals surface area contributed by atoms with E-state index in [4.69, 9.17) is 5.73 Å². The molecule has 0 saturated carbocycles. The number of hydrogen-bond donors (Lipinski definition) is 2. The third kappa shape index (κ3) is 2.59. The van der Waals surface area contributed by atoms with Gasteiger partial charge in [0.05, 0.1) is 0 Å². The molecule has 1 rings (SSSR count). The van der Waals surface area contributed by atoms with Crippen LogP contribution in [-0.2, 0) is 0 Å². The molecule has 4 heteroatoms. The van der Waals surface area contributed by atoms with Crippen LogP contribution >= 0.6 is 0 Å². The predicted molar refractivity (Wildman–Crippen MR) is 49.9 cm³/mol. The molecule has 0 radical (unpaired) electrons. The van der Waals surface area contributed by atoms with E-state index < -0.39 is 12.3 Å². The first-order valence-electron chi connectivity index (χ1n) is 4.74. The fraction of sp³-hybridized carbons (Fsp3) is 0.889. The molecule has 4 nitrogen and oxygen atoms in total. The summed E-state index contributed by atoms with van der Waals surface area (Å²) in [5.74, 6) is 1.01. The van der Waals surface area contributed by atoms with E-state index in [2.05, 4.69) is 13.8 Å². The van der Waals surface area contributed by atoms with Crippen molar-refractivity contribution in [2.24, 2.45) is 17.6 Å². The van der Waals surface area contributed by atoms with Gasteiger partial charge in [0.25, 0.3) is 0 Å². The second kappa shape index (κ2) is 3.96. The van der Waals surface area contributed by atoms with Crippen LogP contribution in [-0.4, -0.2) is 28.8 Å². The van der Waals surface area contributed by atoms with Crippen LogP contribution in [0.25, 0.3) is 0 Å². The molecule has 0 aromatic heterocycles. The molecule has 1 fully saturated rings. The number of aliphatic hydroxyl groups excluding tert-OH is 1. The van der Waals surface area contributed by atoms with Crippen LogP contribution in [0.4, 0.5) is 4.79 Å². The minimum atomic E-state index is -0.666. The van der Waals surface area contributed by atoms with Crippen molar-refractivity contribution in [1.29, 1.82) is 0 Å². The molecule has 13 heavy (non-hydrogen) atoms. The van der Waals surface area contributed by atoms with Crippen molar-refractivity contribution in [3.8, 4) is 0 Å². The summed E-state index contributed by atoms with van der Waals surface area (Å²) in [6.07, 6.45) is 1.04. The number of carbonyl (C=O) groups is 1. The number of hydrogen-bond acceptors (Lipinski definition) is 2. The zero-order valence-electron chi connectivity index (χ0n) is 8.23. The first-order chi connectivity index (χ1) is 6.00. The molecule has 2 amide bonds. The van der Waals surface area contributed by atoms with Gasteiger partial charge in [-0.1, -0.05) is 13.8 Å². The smallest absolute Gasteiger partial charge is 0.316 e. The van der Waals surface area contributed by atoms with Gasteiger partial charge in [-0.3, -0.25) is 4.90 Å². The first-order valence-corrected chi connectivity index (χ1v) is 4.74. The molecule has 2 unspecified atom stereocenters. The van der Waals surface area contributed by atoms with Gasteiger partial charge in [0.1, 0.15) is 6.23 Å². The Kier molecular flexibility index (Phi) is 3.14. The van der Waals surface area contributed by atoms with Gasteiger partial charge in [-0.2, -0.15) is 0 Å². The highest BCUT2D eigenvalue weighted by atomic mass is 16.3. The Labute approximate surface area is 78.7 Å². The molecule has 1 heterocycles. The molecule has 3 N–H and O–H groups in total. The molecule has 1 aliphatic rings. The molecule has 0 aliphatic carbocycles. The Hall–Kier alpha value is -0.770. The van der Waals surface area contributed by atoms with Gasteiger partial charge >= 0.3 is 6.03 Å². The Morgan fingerprint density at radius 1 is 1.69 bits per heavy atom. The highest BCUT2D eigenvalue weighted by Crippen LogP contribution is 2.26. The number of rotatable bonds is 2. The number of primary amides is 1. The minimum absolute atomic E-state index is 0.405. The molecular formula is C9H18N2O2. The number of nitrogens with zero attached hydrogens (tertiary/aromatic N) is 1. The molecule has 76 valence electrons. The zero-order valence-corrected chi connectivity index (χ0v) is 8.23. The van der Waals surface area contributed by atoms with E-state index in [-0.39, 0.29) is 0 Å². The predicted octanol–water partition coefficient (Wildman–Crippen LogP) is 0.752. The van der Waals surface area contributed by atoms with Gasteiger partial charge in [-0.15, -0.1) is 0 Å². The summed E-state index contributed by atoms with van der Waals surface area (Å²) in [5, 5.41) is 9.47. The second-order valence-electron chi connectivity index (χ2n) is 4.20. The molecule has 2 atom stereocenters. The Balaban J connectivity index is 2.45. The normalized spacial score (nSPS) is 28.5. The lowest BCUT2D eigenvalue weighted by molar-refractivity contribution is 0.0647. The molecular weight excluding hydrogens is 168 g/mol. The van der Waals surface area contributed by atoms with Gasteiger partial charge in [0.15, 0.2) is 0 Å². The van der Waals surface area contributed by atoms with Crippen molar-refractivity contribution in [2.45, 2.75) is 32.9 Å². The van der Waals surface area contributed by atoms with E-state index >= 15 is 0 Å². The van der Waals surface area contributed by atoms with Gasteiger partial charge in [0.2, 0.25) is 0 Å². The fourth-order valence-corrected chi connectivity index (χ4v) is 1.97. The number of nitrogens with two attached hydrogens (primary N) is 1. The zero-order chi connectivity index (χ0) is 10.0. The van der Waals surface area contributed by atoms with Crippen LogP contribution in [0.15, 0.2) is 0 Å². The van der Waals surface area contributed by atoms with Crippen molar-refractivity contribution in [3.05, 3.63) is 0 Å². The lowest BCUT2D eigenvalue weighted by atomic mass is 9.96. The van der Waals surface area contributed by atoms with E-state index in [1.165, 1.54) is 4.90 Å². The SMILES string of the molecule is CC(C)CC1CC(O)N(C(N)=O)C1. The average Bonchev–Trinajstić information content (AvgIpc) is 2.29. The summed E-state index contributed by atoms with van der Waals surface area (Å²) in [6, 6.07) is -0.515. The Bertz CT molecular complexity index is 194. The van der Waals surface area contributed by atoms with Gasteiger partial charge < -0.3 is 10.8 Å². The largest absolute Gasteiger partial charge is 0.373 e. The van der Waals surface area contributed by atoms with Crippen molar-refractivity contribution >= 4 is 6.03 Å². The maximum absolute atomic E-state index is 10.8. The second-order valence-corrected chi connectivity index (χ2v) is 4.20. The quantitative estimate of drug-likeness (QED) is 0.668. The third-order valence-corrected chi connectivity index (χ3v) is 2.45. The van der Waals surface area contributed by atoms with E-state index in [0.717, 1.165) is 6.42 Å². The third-order valence-electron chi connectivity index (χ3n) is 2.45. The number of aliphatic hydroxyl groups is 1. The van der Waals surface area contributed by atoms with E-state index in [1.807, 2.05) is 0 Å². The summed E-state index contributed by atoms with van der Waals surface area (Å²) in [6.45, 7) is 4.88. The molecule has 0 bridgehead atoms. The molecule has 1 aliphatic heterocycles. The summed E-state index contributed by atoms with van der Waals surface area (Å²) in [4.78, 5) is 12.2. The molecule has 0 spiro atoms. The van der Waals surface area contributed by atoms with Crippen LogP contribution < -0.4 is 5.73 Å². The van der Waals surface area contributed by atoms with E-state index in [0.29, 0.717) is 24.8 Å². The Morgan fingerprint density at radius 3 is 2.69 bits per heavy atom. The van der Waals surface area contributed by atoms with Gasteiger partial charge in [-0.05, 0) is 24.7 Å². The van der Waals surface area contributed by atoms with Gasteiger partial charge in [0, 0.05) is 6.54 Å². The lowest BCUT2D eigenvalue weighted by Gasteiger charge is -2.17. The maximum Gasteiger partial charge on any atom is 0.316 e. The Morgan fingerprint density at radius 2 is 2.31 bits per heavy atom. The minimum Gasteiger partial charge on any atom is -0.373 e. The number of urea groups is 1. The topological polar surface area (TPSA) is 66.6 Å². The van der Waals surface area contributed by atoms with Crippen molar-refractivity contribution in [2.75, 3.05) is 6.54 Å². The summed E-state index contributed by atoms with van der Waals surface area (Å²) < 4.78 is 0. The molecule has 0 aromatic rings.